The molecule has 111 valence electrons. The minimum atomic E-state index is -0.833. The number of aliphatic carboxylic acids is 2. The van der Waals surface area contributed by atoms with Gasteiger partial charge in [0.05, 0.1) is 0 Å². The Morgan fingerprint density at radius 1 is 0.812 bits per heavy atom. The van der Waals surface area contributed by atoms with Crippen LogP contribution in [-0.2, 0) is 59.4 Å². The topological polar surface area (TPSA) is 201 Å². The number of hydrogen-bond acceptors (Lipinski definition) is 2. The maximum Gasteiger partial charge on any atom is 1.00 e. The van der Waals surface area contributed by atoms with Crippen LogP contribution < -0.4 is 18.9 Å². The first kappa shape index (κ1) is 90.0. The molecule has 0 amide bonds. The molecule has 0 aromatic rings. The summed E-state index contributed by atoms with van der Waals surface area (Å²) < 4.78 is 0. The summed E-state index contributed by atoms with van der Waals surface area (Å²) in [5, 5.41) is 14.8. The van der Waals surface area contributed by atoms with Crippen LogP contribution in [0.4, 0.5) is 0 Å². The van der Waals surface area contributed by atoms with Gasteiger partial charge in [0.1, 0.15) is 0 Å². The Balaban J connectivity index is -0.00000000308. The van der Waals surface area contributed by atoms with Crippen LogP contribution in [0, 0.1) is 0 Å². The van der Waals surface area contributed by atoms with Crippen LogP contribution >= 0.6 is 0 Å². The molecule has 0 unspecified atom stereocenters. The van der Waals surface area contributed by atoms with Gasteiger partial charge >= 0.3 is 18.9 Å². The summed E-state index contributed by atoms with van der Waals surface area (Å²) in [5.74, 6) is -1.67. The van der Waals surface area contributed by atoms with Gasteiger partial charge in [0.25, 0.3) is 11.9 Å². The molecule has 0 fully saturated rings. The second-order valence-corrected chi connectivity index (χ2v) is 1.04. The Morgan fingerprint density at radius 3 is 0.812 bits per heavy atom. The van der Waals surface area contributed by atoms with Crippen molar-refractivity contribution in [2.24, 2.45) is 0 Å². The molecule has 0 aliphatic heterocycles. The number of hydrogen-bond donors (Lipinski definition) is 2. The maximum absolute atomic E-state index is 9.00. The van der Waals surface area contributed by atoms with Crippen molar-refractivity contribution < 1.29 is 112 Å². The fraction of sp³-hybridized carbons (Fsp3) is 0.500. The molecule has 0 aliphatic carbocycles. The molecule has 16 heavy (non-hydrogen) atoms. The molecule has 0 saturated carbocycles. The second kappa shape index (κ2) is 74.3. The van der Waals surface area contributed by atoms with Crippen molar-refractivity contribution in [1.82, 2.24) is 0 Å². The first-order valence-corrected chi connectivity index (χ1v) is 1.86. The SMILES string of the molecule is CC(=O)O.CC(=O)O.O.O.O.O.[Co].[H-].[Li+].[Ni].[Ni]. The van der Waals surface area contributed by atoms with E-state index < -0.39 is 11.9 Å². The van der Waals surface area contributed by atoms with E-state index in [-0.39, 0.29) is 92.0 Å². The van der Waals surface area contributed by atoms with Crippen molar-refractivity contribution in [3.63, 3.8) is 0 Å². The van der Waals surface area contributed by atoms with E-state index in [1.54, 1.807) is 0 Å². The van der Waals surface area contributed by atoms with E-state index in [0.29, 0.717) is 0 Å². The van der Waals surface area contributed by atoms with E-state index >= 15 is 0 Å². The molecular weight excluding hydrogens is 359 g/mol. The Morgan fingerprint density at radius 2 is 0.812 bits per heavy atom. The average Bonchev–Trinajstić information content (AvgIpc) is 1.25. The molecule has 0 aromatic heterocycles. The Kier molecular flexibility index (Phi) is 418. The quantitative estimate of drug-likeness (QED) is 0.396. The Hall–Kier alpha value is 0.871. The van der Waals surface area contributed by atoms with Gasteiger partial charge in [-0.2, -0.15) is 0 Å². The molecule has 10 N–H and O–H groups in total. The predicted molar refractivity (Wildman–Crippen MR) is 42.2 cm³/mol. The second-order valence-electron chi connectivity index (χ2n) is 1.04. The van der Waals surface area contributed by atoms with Gasteiger partial charge in [-0.3, -0.25) is 9.59 Å². The van der Waals surface area contributed by atoms with Crippen LogP contribution in [0.25, 0.3) is 0 Å². The van der Waals surface area contributed by atoms with E-state index in [1.807, 2.05) is 0 Å². The van der Waals surface area contributed by atoms with Crippen molar-refractivity contribution in [1.29, 1.82) is 0 Å². The van der Waals surface area contributed by atoms with Gasteiger partial charge < -0.3 is 33.5 Å². The minimum absolute atomic E-state index is 0. The van der Waals surface area contributed by atoms with Crippen LogP contribution in [0.2, 0.25) is 0 Å². The largest absolute Gasteiger partial charge is 1.00 e. The van der Waals surface area contributed by atoms with E-state index in [9.17, 15) is 0 Å². The van der Waals surface area contributed by atoms with Crippen molar-refractivity contribution in [2.45, 2.75) is 13.8 Å². The zero-order valence-electron chi connectivity index (χ0n) is 9.68. The molecule has 0 atom stereocenters. The minimum Gasteiger partial charge on any atom is -1.00 e. The molecule has 0 bridgehead atoms. The first-order chi connectivity index (χ1) is 3.46. The summed E-state index contributed by atoms with van der Waals surface area (Å²) in [4.78, 5) is 18.0. The fourth-order valence-corrected chi connectivity index (χ4v) is 0. The van der Waals surface area contributed by atoms with Gasteiger partial charge in [0.2, 0.25) is 0 Å². The molecule has 0 spiro atoms. The normalized spacial score (nSPS) is 3.12. The van der Waals surface area contributed by atoms with E-state index in [1.165, 1.54) is 0 Å². The maximum atomic E-state index is 9.00. The molecular formula is C4H17CoLiNi2O8. The predicted octanol–water partition coefficient (Wildman–Crippen LogP) is -6.01. The zero-order valence-corrected chi connectivity index (χ0v) is 11.7. The van der Waals surface area contributed by atoms with Crippen LogP contribution in [0.15, 0.2) is 0 Å². The van der Waals surface area contributed by atoms with Crippen molar-refractivity contribution in [3.8, 4) is 0 Å². The third kappa shape index (κ3) is 3770. The molecule has 0 aliphatic rings. The van der Waals surface area contributed by atoms with Crippen molar-refractivity contribution >= 4 is 11.9 Å². The standard InChI is InChI=1S/2C2H4O2.Co.Li.2Ni.4H2O.H/c2*1-2(3)4;;;;;;;;;/h2*1H3,(H,3,4);;;;;4*1H2;/q;;;+1;;;;;;;-1. The van der Waals surface area contributed by atoms with E-state index in [2.05, 4.69) is 0 Å². The molecule has 0 heterocycles. The molecule has 0 aromatic carbocycles. The first-order valence-electron chi connectivity index (χ1n) is 1.86. The monoisotopic (exact) mass is 375 g/mol. The van der Waals surface area contributed by atoms with E-state index in [4.69, 9.17) is 19.8 Å². The van der Waals surface area contributed by atoms with Crippen LogP contribution in [0.1, 0.15) is 15.3 Å². The Labute approximate surface area is 137 Å². The zero-order chi connectivity index (χ0) is 7.15. The van der Waals surface area contributed by atoms with Crippen LogP contribution in [-0.4, -0.2) is 44.1 Å². The number of carbonyl (C=O) groups is 2. The summed E-state index contributed by atoms with van der Waals surface area (Å²) in [7, 11) is 0. The van der Waals surface area contributed by atoms with Gasteiger partial charge in [-0.1, -0.05) is 0 Å². The summed E-state index contributed by atoms with van der Waals surface area (Å²) in [6.07, 6.45) is 0. The third-order valence-corrected chi connectivity index (χ3v) is 0. The molecule has 12 heteroatoms. The molecule has 1 radical (unpaired) electrons. The Bertz CT molecular complexity index is 93.5. The van der Waals surface area contributed by atoms with Crippen molar-refractivity contribution in [2.75, 3.05) is 0 Å². The van der Waals surface area contributed by atoms with Crippen molar-refractivity contribution in [3.05, 3.63) is 0 Å². The summed E-state index contributed by atoms with van der Waals surface area (Å²) in [5.41, 5.74) is 0. The fourth-order valence-electron chi connectivity index (χ4n) is 0. The van der Waals surface area contributed by atoms with Crippen LogP contribution in [0.5, 0.6) is 0 Å². The van der Waals surface area contributed by atoms with Crippen LogP contribution in [0.3, 0.4) is 0 Å². The van der Waals surface area contributed by atoms with Gasteiger partial charge in [-0.25, -0.2) is 0 Å². The van der Waals surface area contributed by atoms with Gasteiger partial charge in [-0.05, 0) is 0 Å². The van der Waals surface area contributed by atoms with E-state index in [0.717, 1.165) is 13.8 Å². The smallest absolute Gasteiger partial charge is 1.00 e. The number of carboxylic acids is 2. The third-order valence-electron chi connectivity index (χ3n) is 0. The summed E-state index contributed by atoms with van der Waals surface area (Å²) >= 11 is 0. The number of rotatable bonds is 0. The molecule has 8 nitrogen and oxygen atoms in total. The average molecular weight is 376 g/mol. The molecule has 0 rings (SSSR count). The van der Waals surface area contributed by atoms with Gasteiger partial charge in [-0.15, -0.1) is 0 Å². The summed E-state index contributed by atoms with van der Waals surface area (Å²) in [6, 6.07) is 0. The molecule has 0 saturated heterocycles. The van der Waals surface area contributed by atoms with Gasteiger partial charge in [0.15, 0.2) is 0 Å². The van der Waals surface area contributed by atoms with Gasteiger partial charge in [0, 0.05) is 63.6 Å². The summed E-state index contributed by atoms with van der Waals surface area (Å²) in [6.45, 7) is 2.17. The number of carboxylic acid groups (broad SMARTS) is 2.